The molecule has 4 rings (SSSR count). The summed E-state index contributed by atoms with van der Waals surface area (Å²) in [6.45, 7) is 3.59. The Morgan fingerprint density at radius 3 is 2.34 bits per heavy atom. The van der Waals surface area contributed by atoms with Crippen molar-refractivity contribution in [3.05, 3.63) is 53.1 Å². The van der Waals surface area contributed by atoms with Crippen LogP contribution < -0.4 is 14.8 Å². The van der Waals surface area contributed by atoms with Crippen molar-refractivity contribution in [1.29, 1.82) is 0 Å². The maximum Gasteiger partial charge on any atom is 0.402 e. The molecular formula is C27H28ClF3N4O3. The van der Waals surface area contributed by atoms with Crippen LogP contribution in [-0.4, -0.2) is 40.2 Å². The van der Waals surface area contributed by atoms with Crippen molar-refractivity contribution in [2.24, 2.45) is 11.3 Å². The number of nitrogens with one attached hydrogen (secondary N) is 1. The van der Waals surface area contributed by atoms with E-state index in [0.29, 0.717) is 33.5 Å². The molecule has 1 aromatic heterocycles. The van der Waals surface area contributed by atoms with Crippen LogP contribution in [0.5, 0.6) is 11.8 Å². The number of hydrogen-bond acceptors (Lipinski definition) is 6. The van der Waals surface area contributed by atoms with E-state index in [1.165, 1.54) is 20.0 Å². The largest absolute Gasteiger partial charge is 0.490 e. The molecule has 0 spiro atoms. The van der Waals surface area contributed by atoms with E-state index in [-0.39, 0.29) is 24.5 Å². The predicted molar refractivity (Wildman–Crippen MR) is 137 cm³/mol. The van der Waals surface area contributed by atoms with Gasteiger partial charge in [0.1, 0.15) is 11.2 Å². The maximum absolute atomic E-state index is 13.2. The van der Waals surface area contributed by atoms with Crippen LogP contribution in [0.1, 0.15) is 39.2 Å². The number of aromatic nitrogens is 3. The second-order valence-corrected chi connectivity index (χ2v) is 10.2. The monoisotopic (exact) mass is 548 g/mol. The summed E-state index contributed by atoms with van der Waals surface area (Å²) >= 11 is 6.43. The van der Waals surface area contributed by atoms with E-state index in [9.17, 15) is 18.0 Å². The predicted octanol–water partition coefficient (Wildman–Crippen LogP) is 6.25. The van der Waals surface area contributed by atoms with Gasteiger partial charge in [-0.1, -0.05) is 17.7 Å². The van der Waals surface area contributed by atoms with Crippen LogP contribution in [0.25, 0.3) is 22.8 Å². The maximum atomic E-state index is 13.2. The number of benzene rings is 2. The molecule has 0 aliphatic heterocycles. The fourth-order valence-electron chi connectivity index (χ4n) is 3.64. The molecule has 1 N–H and O–H groups in total. The Labute approximate surface area is 223 Å². The SMILES string of the molecule is COc1nc(-c2ccc(O[C@@H](C)C3CC3)cc2)nc(-c2cc(CNC(=O)C(C)(C)C(F)(F)F)ccc2Cl)n1. The number of nitrogens with zero attached hydrogens (tertiary/aromatic N) is 3. The Morgan fingerprint density at radius 1 is 1.08 bits per heavy atom. The molecule has 1 heterocycles. The van der Waals surface area contributed by atoms with Crippen molar-refractivity contribution in [2.45, 2.75) is 52.4 Å². The minimum atomic E-state index is -4.68. The molecule has 1 aliphatic carbocycles. The Kier molecular flexibility index (Phi) is 7.83. The Balaban J connectivity index is 1.57. The highest BCUT2D eigenvalue weighted by Gasteiger charge is 2.52. The number of alkyl halides is 3. The lowest BCUT2D eigenvalue weighted by Gasteiger charge is -2.26. The molecule has 1 aliphatic rings. The first-order chi connectivity index (χ1) is 17.9. The van der Waals surface area contributed by atoms with Gasteiger partial charge in [0.05, 0.1) is 18.2 Å². The lowest BCUT2D eigenvalue weighted by Crippen LogP contribution is -2.46. The molecule has 1 fully saturated rings. The van der Waals surface area contributed by atoms with E-state index >= 15 is 0 Å². The second kappa shape index (κ2) is 10.8. The van der Waals surface area contributed by atoms with Crippen molar-refractivity contribution in [1.82, 2.24) is 20.3 Å². The van der Waals surface area contributed by atoms with E-state index < -0.39 is 17.5 Å². The van der Waals surface area contributed by atoms with Crippen LogP contribution in [0.2, 0.25) is 5.02 Å². The molecule has 0 bridgehead atoms. The number of hydrogen-bond donors (Lipinski definition) is 1. The average molecular weight is 549 g/mol. The zero-order valence-electron chi connectivity index (χ0n) is 21.4. The summed E-state index contributed by atoms with van der Waals surface area (Å²) in [7, 11) is 1.43. The van der Waals surface area contributed by atoms with Gasteiger partial charge >= 0.3 is 12.2 Å². The number of carbonyl (C=O) groups excluding carboxylic acids is 1. The molecule has 11 heteroatoms. The van der Waals surface area contributed by atoms with Crippen LogP contribution in [0, 0.1) is 11.3 Å². The fraction of sp³-hybridized carbons (Fsp3) is 0.407. The van der Waals surface area contributed by atoms with Crippen molar-refractivity contribution >= 4 is 17.5 Å². The minimum absolute atomic E-state index is 0.0642. The normalized spacial score (nSPS) is 14.6. The summed E-state index contributed by atoms with van der Waals surface area (Å²) in [5.74, 6) is 0.777. The van der Waals surface area contributed by atoms with Gasteiger partial charge in [0.2, 0.25) is 5.91 Å². The van der Waals surface area contributed by atoms with Gasteiger partial charge < -0.3 is 14.8 Å². The van der Waals surface area contributed by atoms with Gasteiger partial charge in [-0.25, -0.2) is 4.98 Å². The van der Waals surface area contributed by atoms with Gasteiger partial charge in [-0.05, 0) is 81.5 Å². The van der Waals surface area contributed by atoms with Gasteiger partial charge in [-0.2, -0.15) is 23.1 Å². The topological polar surface area (TPSA) is 86.2 Å². The van der Waals surface area contributed by atoms with Crippen molar-refractivity contribution in [3.63, 3.8) is 0 Å². The molecule has 7 nitrogen and oxygen atoms in total. The number of amides is 1. The van der Waals surface area contributed by atoms with Crippen molar-refractivity contribution in [2.75, 3.05) is 7.11 Å². The second-order valence-electron chi connectivity index (χ2n) is 9.77. The van der Waals surface area contributed by atoms with Crippen molar-refractivity contribution in [3.8, 4) is 34.5 Å². The highest BCUT2D eigenvalue weighted by molar-refractivity contribution is 6.33. The summed E-state index contributed by atoms with van der Waals surface area (Å²) in [5.41, 5.74) is -0.904. The summed E-state index contributed by atoms with van der Waals surface area (Å²) < 4.78 is 50.8. The highest BCUT2D eigenvalue weighted by atomic mass is 35.5. The van der Waals surface area contributed by atoms with Gasteiger partial charge in [-0.15, -0.1) is 0 Å². The summed E-state index contributed by atoms with van der Waals surface area (Å²) in [6.07, 6.45) is -2.15. The highest BCUT2D eigenvalue weighted by Crippen LogP contribution is 2.38. The average Bonchev–Trinajstić information content (AvgIpc) is 3.73. The number of methoxy groups -OCH3 is 1. The molecule has 1 atom stereocenters. The lowest BCUT2D eigenvalue weighted by molar-refractivity contribution is -0.211. The first-order valence-electron chi connectivity index (χ1n) is 12.1. The number of halogens is 4. The smallest absolute Gasteiger partial charge is 0.402 e. The lowest BCUT2D eigenvalue weighted by atomic mass is 9.91. The Bertz CT molecular complexity index is 1310. The van der Waals surface area contributed by atoms with Gasteiger partial charge in [-0.3, -0.25) is 4.79 Å². The number of ether oxygens (including phenoxy) is 2. The third kappa shape index (κ3) is 6.18. The van der Waals surface area contributed by atoms with Gasteiger partial charge in [0.15, 0.2) is 11.6 Å². The fourth-order valence-corrected chi connectivity index (χ4v) is 3.84. The van der Waals surface area contributed by atoms with Crippen molar-refractivity contribution < 1.29 is 27.4 Å². The molecule has 3 aromatic rings. The van der Waals surface area contributed by atoms with E-state index in [1.54, 1.807) is 18.2 Å². The standard InChI is InChI=1S/C27H28ClF3N4O3/c1-15(17-6-7-17)38-19-10-8-18(9-11-19)22-33-23(35-25(34-22)37-4)20-13-16(5-12-21(20)28)14-32-24(36)26(2,3)27(29,30)31/h5,8-13,15,17H,6-7,14H2,1-4H3,(H,32,36)/t15-/m0/s1. The first kappa shape index (κ1) is 27.6. The van der Waals surface area contributed by atoms with Crippen LogP contribution in [0.3, 0.4) is 0 Å². The van der Waals surface area contributed by atoms with E-state index in [0.717, 1.165) is 19.6 Å². The van der Waals surface area contributed by atoms with Gasteiger partial charge in [0.25, 0.3) is 0 Å². The quantitative estimate of drug-likeness (QED) is 0.340. The van der Waals surface area contributed by atoms with E-state index in [1.807, 2.05) is 24.3 Å². The zero-order chi connectivity index (χ0) is 27.7. The Morgan fingerprint density at radius 2 is 1.74 bits per heavy atom. The van der Waals surface area contributed by atoms with Crippen LogP contribution in [0.4, 0.5) is 13.2 Å². The molecule has 38 heavy (non-hydrogen) atoms. The third-order valence-corrected chi connectivity index (χ3v) is 6.85. The van der Waals surface area contributed by atoms with Crippen LogP contribution in [0.15, 0.2) is 42.5 Å². The summed E-state index contributed by atoms with van der Waals surface area (Å²) in [5, 5.41) is 2.65. The van der Waals surface area contributed by atoms with Gasteiger partial charge in [0, 0.05) is 17.7 Å². The molecule has 1 saturated carbocycles. The molecule has 2 aromatic carbocycles. The minimum Gasteiger partial charge on any atom is -0.490 e. The third-order valence-electron chi connectivity index (χ3n) is 6.52. The van der Waals surface area contributed by atoms with Crippen LogP contribution >= 0.6 is 11.6 Å². The molecular weight excluding hydrogens is 521 g/mol. The molecule has 0 unspecified atom stereocenters. The number of carbonyl (C=O) groups is 1. The first-order valence-corrected chi connectivity index (χ1v) is 12.5. The zero-order valence-corrected chi connectivity index (χ0v) is 22.2. The molecule has 1 amide bonds. The Hall–Kier alpha value is -3.40. The van der Waals surface area contributed by atoms with Crippen LogP contribution in [-0.2, 0) is 11.3 Å². The summed E-state index contributed by atoms with van der Waals surface area (Å²) in [4.78, 5) is 25.4. The van der Waals surface area contributed by atoms with E-state index in [2.05, 4.69) is 27.2 Å². The summed E-state index contributed by atoms with van der Waals surface area (Å²) in [6, 6.07) is 12.2. The molecule has 0 radical (unpaired) electrons. The number of rotatable bonds is 9. The van der Waals surface area contributed by atoms with E-state index in [4.69, 9.17) is 21.1 Å². The molecule has 0 saturated heterocycles. The molecule has 202 valence electrons.